The van der Waals surface area contributed by atoms with Crippen molar-refractivity contribution >= 4 is 27.8 Å². The quantitative estimate of drug-likeness (QED) is 0.630. The number of rotatable bonds is 6. The molecular formula is C14H20ClNO5S. The summed E-state index contributed by atoms with van der Waals surface area (Å²) in [7, 11) is -3.81. The molecule has 8 heteroatoms. The summed E-state index contributed by atoms with van der Waals surface area (Å²) in [6.07, 6.45) is -0.209. The van der Waals surface area contributed by atoms with Crippen LogP contribution in [0.3, 0.4) is 0 Å². The standard InChI is InChI=1S/C14H20ClNO5S/c1-14(2,3)21-13(17)16-9-4-10-20-22(18,19)12-7-5-11(15)6-8-12/h5-8H,4,9-10H2,1-3H3,(H,16,17). The topological polar surface area (TPSA) is 81.7 Å². The summed E-state index contributed by atoms with van der Waals surface area (Å²) >= 11 is 5.70. The van der Waals surface area contributed by atoms with Crippen LogP contribution >= 0.6 is 11.6 Å². The second-order valence-corrected chi connectivity index (χ2v) is 7.56. The van der Waals surface area contributed by atoms with Gasteiger partial charge in [0.1, 0.15) is 5.60 Å². The summed E-state index contributed by atoms with van der Waals surface area (Å²) in [6, 6.07) is 5.69. The van der Waals surface area contributed by atoms with E-state index in [0.29, 0.717) is 11.4 Å². The van der Waals surface area contributed by atoms with Crippen LogP contribution in [-0.4, -0.2) is 33.3 Å². The number of hydrogen-bond acceptors (Lipinski definition) is 5. The van der Waals surface area contributed by atoms with Gasteiger partial charge in [-0.1, -0.05) is 11.6 Å². The van der Waals surface area contributed by atoms with Gasteiger partial charge in [0.05, 0.1) is 11.5 Å². The summed E-state index contributed by atoms with van der Waals surface area (Å²) < 4.78 is 33.6. The molecule has 6 nitrogen and oxygen atoms in total. The molecule has 124 valence electrons. The zero-order valence-corrected chi connectivity index (χ0v) is 14.3. The molecule has 1 amide bonds. The van der Waals surface area contributed by atoms with Crippen molar-refractivity contribution < 1.29 is 22.1 Å². The Balaban J connectivity index is 2.32. The molecule has 0 spiro atoms. The maximum absolute atomic E-state index is 11.9. The molecule has 0 aliphatic carbocycles. The number of carbonyl (C=O) groups excluding carboxylic acids is 1. The zero-order valence-electron chi connectivity index (χ0n) is 12.8. The Morgan fingerprint density at radius 1 is 1.23 bits per heavy atom. The average Bonchev–Trinajstić information content (AvgIpc) is 2.36. The van der Waals surface area contributed by atoms with Gasteiger partial charge in [0.25, 0.3) is 10.1 Å². The lowest BCUT2D eigenvalue weighted by Gasteiger charge is -2.19. The van der Waals surface area contributed by atoms with Crippen molar-refractivity contribution in [2.45, 2.75) is 37.7 Å². The van der Waals surface area contributed by atoms with Gasteiger partial charge < -0.3 is 10.1 Å². The van der Waals surface area contributed by atoms with Crippen LogP contribution in [0.2, 0.25) is 5.02 Å². The maximum atomic E-state index is 11.9. The lowest BCUT2D eigenvalue weighted by atomic mass is 10.2. The molecule has 0 atom stereocenters. The van der Waals surface area contributed by atoms with E-state index in [2.05, 4.69) is 5.32 Å². The fraction of sp³-hybridized carbons (Fsp3) is 0.500. The Labute approximate surface area is 135 Å². The third-order valence-corrected chi connectivity index (χ3v) is 3.91. The molecule has 0 saturated carbocycles. The first-order valence-electron chi connectivity index (χ1n) is 6.72. The molecule has 1 aromatic rings. The summed E-state index contributed by atoms with van der Waals surface area (Å²) in [5.41, 5.74) is -0.571. The first-order valence-corrected chi connectivity index (χ1v) is 8.51. The van der Waals surface area contributed by atoms with Crippen molar-refractivity contribution in [3.8, 4) is 0 Å². The fourth-order valence-corrected chi connectivity index (χ4v) is 2.48. The smallest absolute Gasteiger partial charge is 0.407 e. The molecule has 0 aromatic heterocycles. The first-order chi connectivity index (χ1) is 10.1. The van der Waals surface area contributed by atoms with Crippen LogP contribution in [0, 0.1) is 0 Å². The van der Waals surface area contributed by atoms with Crippen LogP contribution in [0.4, 0.5) is 4.79 Å². The van der Waals surface area contributed by atoms with Crippen molar-refractivity contribution in [1.29, 1.82) is 0 Å². The van der Waals surface area contributed by atoms with Crippen LogP contribution in [-0.2, 0) is 19.0 Å². The van der Waals surface area contributed by atoms with Crippen molar-refractivity contribution in [2.75, 3.05) is 13.2 Å². The van der Waals surface area contributed by atoms with E-state index >= 15 is 0 Å². The Morgan fingerprint density at radius 3 is 2.36 bits per heavy atom. The van der Waals surface area contributed by atoms with Gasteiger partial charge in [0.2, 0.25) is 0 Å². The van der Waals surface area contributed by atoms with Crippen LogP contribution in [0.15, 0.2) is 29.2 Å². The number of hydrogen-bond donors (Lipinski definition) is 1. The van der Waals surface area contributed by atoms with Gasteiger partial charge >= 0.3 is 6.09 Å². The monoisotopic (exact) mass is 349 g/mol. The van der Waals surface area contributed by atoms with Gasteiger partial charge in [-0.3, -0.25) is 4.18 Å². The SMILES string of the molecule is CC(C)(C)OC(=O)NCCCOS(=O)(=O)c1ccc(Cl)cc1. The maximum Gasteiger partial charge on any atom is 0.407 e. The van der Waals surface area contributed by atoms with Crippen LogP contribution in [0.25, 0.3) is 0 Å². The van der Waals surface area contributed by atoms with E-state index in [-0.39, 0.29) is 18.0 Å². The molecule has 0 fully saturated rings. The number of ether oxygens (including phenoxy) is 1. The zero-order chi connectivity index (χ0) is 16.8. The summed E-state index contributed by atoms with van der Waals surface area (Å²) in [4.78, 5) is 11.4. The molecule has 0 bridgehead atoms. The largest absolute Gasteiger partial charge is 0.444 e. The summed E-state index contributed by atoms with van der Waals surface area (Å²) in [5, 5.41) is 2.96. The number of amides is 1. The normalized spacial score (nSPS) is 12.0. The Morgan fingerprint density at radius 2 is 1.82 bits per heavy atom. The van der Waals surface area contributed by atoms with E-state index in [0.717, 1.165) is 0 Å². The number of alkyl carbamates (subject to hydrolysis) is 1. The third kappa shape index (κ3) is 7.11. The van der Waals surface area contributed by atoms with Crippen LogP contribution in [0.1, 0.15) is 27.2 Å². The molecule has 0 unspecified atom stereocenters. The molecule has 0 aliphatic heterocycles. The van der Waals surface area contributed by atoms with Gasteiger partial charge in [-0.05, 0) is 51.5 Å². The summed E-state index contributed by atoms with van der Waals surface area (Å²) in [5.74, 6) is 0. The minimum Gasteiger partial charge on any atom is -0.444 e. The van der Waals surface area contributed by atoms with E-state index in [4.69, 9.17) is 20.5 Å². The Kier molecular flexibility index (Phi) is 6.65. The van der Waals surface area contributed by atoms with Crippen molar-refractivity contribution in [1.82, 2.24) is 5.32 Å². The average molecular weight is 350 g/mol. The third-order valence-electron chi connectivity index (χ3n) is 2.33. The highest BCUT2D eigenvalue weighted by Crippen LogP contribution is 2.16. The van der Waals surface area contributed by atoms with Gasteiger partial charge in [0.15, 0.2) is 0 Å². The molecule has 1 N–H and O–H groups in total. The predicted molar refractivity (Wildman–Crippen MR) is 83.4 cm³/mol. The van der Waals surface area contributed by atoms with Gasteiger partial charge in [-0.2, -0.15) is 8.42 Å². The molecule has 0 saturated heterocycles. The fourth-order valence-electron chi connectivity index (χ4n) is 1.41. The van der Waals surface area contributed by atoms with Gasteiger partial charge in [-0.15, -0.1) is 0 Å². The van der Waals surface area contributed by atoms with Crippen molar-refractivity contribution in [3.63, 3.8) is 0 Å². The highest BCUT2D eigenvalue weighted by molar-refractivity contribution is 7.86. The van der Waals surface area contributed by atoms with Crippen molar-refractivity contribution in [3.05, 3.63) is 29.3 Å². The van der Waals surface area contributed by atoms with Crippen molar-refractivity contribution in [2.24, 2.45) is 0 Å². The van der Waals surface area contributed by atoms with Gasteiger partial charge in [-0.25, -0.2) is 4.79 Å². The lowest BCUT2D eigenvalue weighted by molar-refractivity contribution is 0.0526. The molecule has 0 radical (unpaired) electrons. The Bertz CT molecular complexity index is 593. The van der Waals surface area contributed by atoms with Crippen LogP contribution < -0.4 is 5.32 Å². The van der Waals surface area contributed by atoms with Crippen LogP contribution in [0.5, 0.6) is 0 Å². The second kappa shape index (κ2) is 7.80. The highest BCUT2D eigenvalue weighted by atomic mass is 35.5. The molecule has 0 aliphatic rings. The molecule has 0 heterocycles. The molecular weight excluding hydrogens is 330 g/mol. The summed E-state index contributed by atoms with van der Waals surface area (Å²) in [6.45, 7) is 5.49. The number of halogens is 1. The highest BCUT2D eigenvalue weighted by Gasteiger charge is 2.16. The van der Waals surface area contributed by atoms with E-state index in [1.54, 1.807) is 20.8 Å². The molecule has 1 aromatic carbocycles. The van der Waals surface area contributed by atoms with Gasteiger partial charge in [0, 0.05) is 11.6 Å². The van der Waals surface area contributed by atoms with E-state index in [1.165, 1.54) is 24.3 Å². The lowest BCUT2D eigenvalue weighted by Crippen LogP contribution is -2.33. The number of carbonyl (C=O) groups is 1. The minimum absolute atomic E-state index is 0.0389. The predicted octanol–water partition coefficient (Wildman–Crippen LogP) is 2.96. The number of benzene rings is 1. The number of nitrogens with one attached hydrogen (secondary N) is 1. The first kappa shape index (κ1) is 18.7. The van der Waals surface area contributed by atoms with E-state index < -0.39 is 21.8 Å². The van der Waals surface area contributed by atoms with E-state index in [1.807, 2.05) is 0 Å². The Hall–Kier alpha value is -1.31. The molecule has 22 heavy (non-hydrogen) atoms. The minimum atomic E-state index is -3.81. The molecule has 1 rings (SSSR count). The second-order valence-electron chi connectivity index (χ2n) is 5.51. The van der Waals surface area contributed by atoms with E-state index in [9.17, 15) is 13.2 Å².